The molecule has 0 bridgehead atoms. The predicted octanol–water partition coefficient (Wildman–Crippen LogP) is 6.22. The Hall–Kier alpha value is -3.00. The lowest BCUT2D eigenvalue weighted by Gasteiger charge is -2.03. The average molecular weight is 388 g/mol. The van der Waals surface area contributed by atoms with Crippen LogP contribution >= 0.6 is 23.4 Å². The van der Waals surface area contributed by atoms with E-state index in [2.05, 4.69) is 6.07 Å². The van der Waals surface area contributed by atoms with Crippen LogP contribution in [-0.4, -0.2) is 9.78 Å². The number of nitrogens with zero attached hydrogens (tertiary/aromatic N) is 3. The maximum Gasteiger partial charge on any atom is 0.107 e. The van der Waals surface area contributed by atoms with Crippen LogP contribution in [0.4, 0.5) is 0 Å². The van der Waals surface area contributed by atoms with Crippen LogP contribution in [0.2, 0.25) is 5.02 Å². The molecule has 1 heterocycles. The Kier molecular flexibility index (Phi) is 4.97. The van der Waals surface area contributed by atoms with Crippen molar-refractivity contribution >= 4 is 23.4 Å². The first-order chi connectivity index (χ1) is 13.2. The Balaban J connectivity index is 1.78. The van der Waals surface area contributed by atoms with E-state index in [1.165, 1.54) is 0 Å². The van der Waals surface area contributed by atoms with Crippen molar-refractivity contribution in [2.75, 3.05) is 0 Å². The second-order valence-corrected chi connectivity index (χ2v) is 7.42. The molecule has 0 aliphatic rings. The zero-order valence-electron chi connectivity index (χ0n) is 14.2. The summed E-state index contributed by atoms with van der Waals surface area (Å²) in [5.41, 5.74) is 3.48. The molecule has 130 valence electrons. The Morgan fingerprint density at radius 2 is 1.59 bits per heavy atom. The van der Waals surface area contributed by atoms with E-state index in [1.807, 2.05) is 89.7 Å². The zero-order valence-corrected chi connectivity index (χ0v) is 15.8. The first-order valence-electron chi connectivity index (χ1n) is 8.32. The van der Waals surface area contributed by atoms with Gasteiger partial charge >= 0.3 is 0 Å². The van der Waals surface area contributed by atoms with Crippen LogP contribution in [0.25, 0.3) is 16.9 Å². The number of aromatic nitrogens is 2. The monoisotopic (exact) mass is 387 g/mol. The van der Waals surface area contributed by atoms with E-state index in [0.717, 1.165) is 26.7 Å². The summed E-state index contributed by atoms with van der Waals surface area (Å²) in [5.74, 6) is 0. The van der Waals surface area contributed by atoms with E-state index in [9.17, 15) is 0 Å². The highest BCUT2D eigenvalue weighted by Crippen LogP contribution is 2.36. The van der Waals surface area contributed by atoms with E-state index in [0.29, 0.717) is 10.6 Å². The van der Waals surface area contributed by atoms with Gasteiger partial charge < -0.3 is 0 Å². The standard InChI is InChI=1S/C22H14ClN3S/c23-18-10-12-20(13-11-18)27-21-15-26(19-4-2-1-3-5-19)25-22(21)17-8-6-16(14-24)7-9-17/h1-13,15H. The second-order valence-electron chi connectivity index (χ2n) is 5.87. The Labute approximate surface area is 166 Å². The molecule has 0 aliphatic carbocycles. The van der Waals surface area contributed by atoms with Crippen LogP contribution in [0.15, 0.2) is 94.9 Å². The minimum Gasteiger partial charge on any atom is -0.239 e. The van der Waals surface area contributed by atoms with Gasteiger partial charge in [-0.2, -0.15) is 10.4 Å². The SMILES string of the molecule is N#Cc1ccc(-c2nn(-c3ccccc3)cc2Sc2ccc(Cl)cc2)cc1. The van der Waals surface area contributed by atoms with E-state index in [4.69, 9.17) is 22.0 Å². The number of hydrogen-bond acceptors (Lipinski definition) is 3. The van der Waals surface area contributed by atoms with Gasteiger partial charge in [0, 0.05) is 21.7 Å². The lowest BCUT2D eigenvalue weighted by atomic mass is 10.1. The molecule has 3 aromatic carbocycles. The normalized spacial score (nSPS) is 10.5. The molecule has 0 fully saturated rings. The Bertz CT molecular complexity index is 1100. The molecule has 0 spiro atoms. The van der Waals surface area contributed by atoms with Crippen LogP contribution in [0.5, 0.6) is 0 Å². The highest BCUT2D eigenvalue weighted by Gasteiger charge is 2.14. The molecule has 0 unspecified atom stereocenters. The summed E-state index contributed by atoms with van der Waals surface area (Å²) >= 11 is 7.64. The lowest BCUT2D eigenvalue weighted by Crippen LogP contribution is -1.94. The fraction of sp³-hybridized carbons (Fsp3) is 0. The van der Waals surface area contributed by atoms with Crippen LogP contribution in [0.1, 0.15) is 5.56 Å². The van der Waals surface area contributed by atoms with Crippen molar-refractivity contribution in [3.63, 3.8) is 0 Å². The number of benzene rings is 3. The van der Waals surface area contributed by atoms with Crippen molar-refractivity contribution in [1.82, 2.24) is 9.78 Å². The third-order valence-electron chi connectivity index (χ3n) is 4.03. The molecule has 3 nitrogen and oxygen atoms in total. The van der Waals surface area contributed by atoms with Crippen molar-refractivity contribution in [1.29, 1.82) is 5.26 Å². The van der Waals surface area contributed by atoms with E-state index < -0.39 is 0 Å². The minimum absolute atomic E-state index is 0.633. The molecule has 0 atom stereocenters. The van der Waals surface area contributed by atoms with Gasteiger partial charge in [0.1, 0.15) is 5.69 Å². The Morgan fingerprint density at radius 1 is 0.889 bits per heavy atom. The van der Waals surface area contributed by atoms with Gasteiger partial charge in [0.15, 0.2) is 0 Å². The molecular formula is C22H14ClN3S. The number of hydrogen-bond donors (Lipinski definition) is 0. The molecule has 0 aliphatic heterocycles. The first-order valence-corrected chi connectivity index (χ1v) is 9.51. The number of para-hydroxylation sites is 1. The smallest absolute Gasteiger partial charge is 0.107 e. The lowest BCUT2D eigenvalue weighted by molar-refractivity contribution is 0.883. The second kappa shape index (κ2) is 7.71. The summed E-state index contributed by atoms with van der Waals surface area (Å²) in [6, 6.07) is 27.4. The van der Waals surface area contributed by atoms with Gasteiger partial charge in [0.2, 0.25) is 0 Å². The third-order valence-corrected chi connectivity index (χ3v) is 5.31. The molecule has 1 aromatic heterocycles. The zero-order chi connectivity index (χ0) is 18.6. The quantitative estimate of drug-likeness (QED) is 0.417. The summed E-state index contributed by atoms with van der Waals surface area (Å²) < 4.78 is 1.88. The summed E-state index contributed by atoms with van der Waals surface area (Å²) in [5, 5.41) is 14.6. The molecule has 0 saturated carbocycles. The minimum atomic E-state index is 0.633. The van der Waals surface area contributed by atoms with Crippen molar-refractivity contribution in [2.24, 2.45) is 0 Å². The molecule has 0 radical (unpaired) electrons. The summed E-state index contributed by atoms with van der Waals surface area (Å²) in [6.45, 7) is 0. The van der Waals surface area contributed by atoms with Gasteiger partial charge in [-0.1, -0.05) is 53.7 Å². The van der Waals surface area contributed by atoms with E-state index in [1.54, 1.807) is 11.8 Å². The van der Waals surface area contributed by atoms with Gasteiger partial charge in [-0.25, -0.2) is 4.68 Å². The summed E-state index contributed by atoms with van der Waals surface area (Å²) in [4.78, 5) is 2.12. The van der Waals surface area contributed by atoms with Crippen LogP contribution in [0, 0.1) is 11.3 Å². The fourth-order valence-corrected chi connectivity index (χ4v) is 3.74. The van der Waals surface area contributed by atoms with E-state index >= 15 is 0 Å². The number of rotatable bonds is 4. The molecule has 0 saturated heterocycles. The van der Waals surface area contributed by atoms with Crippen molar-refractivity contribution in [3.05, 3.63) is 95.6 Å². The molecule has 4 rings (SSSR count). The van der Waals surface area contributed by atoms with Crippen molar-refractivity contribution in [2.45, 2.75) is 9.79 Å². The van der Waals surface area contributed by atoms with Gasteiger partial charge in [-0.05, 0) is 48.5 Å². The van der Waals surface area contributed by atoms with E-state index in [-0.39, 0.29) is 0 Å². The fourth-order valence-electron chi connectivity index (χ4n) is 2.68. The molecule has 0 N–H and O–H groups in total. The molecule has 4 aromatic rings. The first kappa shape index (κ1) is 17.4. The molecule has 5 heteroatoms. The molecular weight excluding hydrogens is 374 g/mol. The van der Waals surface area contributed by atoms with Crippen molar-refractivity contribution < 1.29 is 0 Å². The predicted molar refractivity (Wildman–Crippen MR) is 109 cm³/mol. The van der Waals surface area contributed by atoms with Crippen LogP contribution in [0.3, 0.4) is 0 Å². The number of nitriles is 1. The van der Waals surface area contributed by atoms with Crippen LogP contribution in [-0.2, 0) is 0 Å². The highest BCUT2D eigenvalue weighted by atomic mass is 35.5. The van der Waals surface area contributed by atoms with Gasteiger partial charge in [0.25, 0.3) is 0 Å². The largest absolute Gasteiger partial charge is 0.239 e. The van der Waals surface area contributed by atoms with Gasteiger partial charge in [-0.3, -0.25) is 0 Å². The topological polar surface area (TPSA) is 41.6 Å². The van der Waals surface area contributed by atoms with Crippen LogP contribution < -0.4 is 0 Å². The third kappa shape index (κ3) is 3.90. The van der Waals surface area contributed by atoms with Crippen molar-refractivity contribution in [3.8, 4) is 23.0 Å². The maximum absolute atomic E-state index is 9.04. The van der Waals surface area contributed by atoms with Gasteiger partial charge in [-0.15, -0.1) is 0 Å². The highest BCUT2D eigenvalue weighted by molar-refractivity contribution is 7.99. The summed E-state index contributed by atoms with van der Waals surface area (Å²) in [6.07, 6.45) is 2.03. The summed E-state index contributed by atoms with van der Waals surface area (Å²) in [7, 11) is 0. The average Bonchev–Trinajstić information content (AvgIpc) is 3.14. The maximum atomic E-state index is 9.04. The number of halogens is 1. The molecule has 0 amide bonds. The molecule has 27 heavy (non-hydrogen) atoms. The van der Waals surface area contributed by atoms with Gasteiger partial charge in [0.05, 0.1) is 22.2 Å². The Morgan fingerprint density at radius 3 is 2.26 bits per heavy atom.